The highest BCUT2D eigenvalue weighted by atomic mass is 32.2. The van der Waals surface area contributed by atoms with E-state index in [2.05, 4.69) is 12.6 Å². The summed E-state index contributed by atoms with van der Waals surface area (Å²) in [6.45, 7) is 6.24. The number of hydrogen-bond acceptors (Lipinski definition) is 5. The largest absolute Gasteiger partial charge is 0.493 e. The lowest BCUT2D eigenvalue weighted by Gasteiger charge is -2.12. The van der Waals surface area contributed by atoms with Crippen LogP contribution in [-0.2, 0) is 11.4 Å². The van der Waals surface area contributed by atoms with Crippen molar-refractivity contribution in [1.82, 2.24) is 4.90 Å². The van der Waals surface area contributed by atoms with Crippen LogP contribution < -0.4 is 9.47 Å². The van der Waals surface area contributed by atoms with Crippen LogP contribution in [0.4, 0.5) is 4.79 Å². The van der Waals surface area contributed by atoms with Crippen molar-refractivity contribution in [3.8, 4) is 11.5 Å². The van der Waals surface area contributed by atoms with Crippen molar-refractivity contribution in [2.45, 2.75) is 13.5 Å². The van der Waals surface area contributed by atoms with Crippen molar-refractivity contribution >= 4 is 29.0 Å². The first-order valence-corrected chi connectivity index (χ1v) is 9.56. The minimum atomic E-state index is -0.311. The standard InChI is InChI=1S/C22H21NO4S/c1-4-10-23-21(24)20(28-22(23)25)13-16-8-9-18(19(12-16)26-3)27-14-17-7-5-6-15(2)11-17/h4-9,11-13H,1,10,14H2,2-3H3/b20-13+. The maximum absolute atomic E-state index is 12.3. The number of imide groups is 1. The minimum absolute atomic E-state index is 0.205. The zero-order valence-corrected chi connectivity index (χ0v) is 16.6. The predicted octanol–water partition coefficient (Wildman–Crippen LogP) is 4.80. The van der Waals surface area contributed by atoms with E-state index < -0.39 is 0 Å². The lowest BCUT2D eigenvalue weighted by Crippen LogP contribution is -2.27. The molecule has 1 aliphatic rings. The number of aryl methyl sites for hydroxylation is 1. The molecule has 0 radical (unpaired) electrons. The summed E-state index contributed by atoms with van der Waals surface area (Å²) < 4.78 is 11.3. The Morgan fingerprint density at radius 1 is 1.14 bits per heavy atom. The summed E-state index contributed by atoms with van der Waals surface area (Å²) in [6, 6.07) is 13.5. The Morgan fingerprint density at radius 2 is 1.96 bits per heavy atom. The number of rotatable bonds is 7. The van der Waals surface area contributed by atoms with Crippen molar-refractivity contribution in [2.75, 3.05) is 13.7 Å². The Bertz CT molecular complexity index is 951. The highest BCUT2D eigenvalue weighted by Crippen LogP contribution is 2.34. The van der Waals surface area contributed by atoms with Gasteiger partial charge in [0.1, 0.15) is 6.61 Å². The molecule has 144 valence electrons. The number of carbonyl (C=O) groups excluding carboxylic acids is 2. The number of hydrogen-bond donors (Lipinski definition) is 0. The van der Waals surface area contributed by atoms with Gasteiger partial charge >= 0.3 is 0 Å². The van der Waals surface area contributed by atoms with E-state index in [1.54, 1.807) is 25.3 Å². The van der Waals surface area contributed by atoms with Gasteiger partial charge in [-0.15, -0.1) is 6.58 Å². The number of amides is 2. The molecule has 0 aromatic heterocycles. The van der Waals surface area contributed by atoms with Gasteiger partial charge in [0.05, 0.1) is 12.0 Å². The first kappa shape index (κ1) is 19.8. The third kappa shape index (κ3) is 4.46. The van der Waals surface area contributed by atoms with Crippen LogP contribution in [0.1, 0.15) is 16.7 Å². The average molecular weight is 395 g/mol. The Balaban J connectivity index is 1.77. The third-order valence-corrected chi connectivity index (χ3v) is 5.05. The number of methoxy groups -OCH3 is 1. The molecule has 0 atom stereocenters. The van der Waals surface area contributed by atoms with Gasteiger partial charge in [0.15, 0.2) is 11.5 Å². The molecule has 2 aromatic rings. The third-order valence-electron chi connectivity index (χ3n) is 4.15. The Hall–Kier alpha value is -2.99. The molecule has 28 heavy (non-hydrogen) atoms. The fourth-order valence-corrected chi connectivity index (χ4v) is 3.64. The normalized spacial score (nSPS) is 15.2. The molecule has 0 saturated carbocycles. The van der Waals surface area contributed by atoms with E-state index >= 15 is 0 Å². The Labute approximate surface area is 168 Å². The van der Waals surface area contributed by atoms with Crippen LogP contribution in [0.2, 0.25) is 0 Å². The molecule has 1 aliphatic heterocycles. The van der Waals surface area contributed by atoms with Gasteiger partial charge in [-0.1, -0.05) is 42.0 Å². The van der Waals surface area contributed by atoms with E-state index in [9.17, 15) is 9.59 Å². The zero-order valence-electron chi connectivity index (χ0n) is 15.8. The number of ether oxygens (including phenoxy) is 2. The van der Waals surface area contributed by atoms with E-state index in [-0.39, 0.29) is 17.7 Å². The molecule has 1 fully saturated rings. The minimum Gasteiger partial charge on any atom is -0.493 e. The maximum Gasteiger partial charge on any atom is 0.293 e. The molecule has 0 aliphatic carbocycles. The van der Waals surface area contributed by atoms with Crippen LogP contribution in [0, 0.1) is 6.92 Å². The summed E-state index contributed by atoms with van der Waals surface area (Å²) in [7, 11) is 1.57. The number of nitrogens with zero attached hydrogens (tertiary/aromatic N) is 1. The smallest absolute Gasteiger partial charge is 0.293 e. The van der Waals surface area contributed by atoms with Gasteiger partial charge < -0.3 is 9.47 Å². The van der Waals surface area contributed by atoms with Crippen LogP contribution in [0.3, 0.4) is 0 Å². The van der Waals surface area contributed by atoms with Gasteiger partial charge in [-0.05, 0) is 48.0 Å². The molecule has 0 unspecified atom stereocenters. The van der Waals surface area contributed by atoms with E-state index in [4.69, 9.17) is 9.47 Å². The van der Waals surface area contributed by atoms with E-state index in [0.29, 0.717) is 23.0 Å². The summed E-state index contributed by atoms with van der Waals surface area (Å²) in [4.78, 5) is 25.8. The molecule has 0 spiro atoms. The topological polar surface area (TPSA) is 55.8 Å². The molecule has 1 heterocycles. The van der Waals surface area contributed by atoms with Crippen LogP contribution in [0.25, 0.3) is 6.08 Å². The predicted molar refractivity (Wildman–Crippen MR) is 111 cm³/mol. The second-order valence-corrected chi connectivity index (χ2v) is 7.26. The van der Waals surface area contributed by atoms with Crippen molar-refractivity contribution in [3.05, 3.63) is 76.7 Å². The number of thioether (sulfide) groups is 1. The van der Waals surface area contributed by atoms with E-state index in [1.807, 2.05) is 31.2 Å². The fraction of sp³-hybridized carbons (Fsp3) is 0.182. The first-order chi connectivity index (χ1) is 13.5. The Morgan fingerprint density at radius 3 is 2.68 bits per heavy atom. The van der Waals surface area contributed by atoms with Crippen LogP contribution >= 0.6 is 11.8 Å². The molecule has 6 heteroatoms. The van der Waals surface area contributed by atoms with Crippen LogP contribution in [0.15, 0.2) is 60.0 Å². The average Bonchev–Trinajstić information content (AvgIpc) is 2.94. The molecular weight excluding hydrogens is 374 g/mol. The van der Waals surface area contributed by atoms with Gasteiger partial charge in [0.2, 0.25) is 0 Å². The molecule has 2 aromatic carbocycles. The summed E-state index contributed by atoms with van der Waals surface area (Å²) in [5, 5.41) is -0.291. The van der Waals surface area contributed by atoms with Crippen molar-refractivity contribution in [2.24, 2.45) is 0 Å². The lowest BCUT2D eigenvalue weighted by molar-refractivity contribution is -0.122. The quantitative estimate of drug-likeness (QED) is 0.498. The summed E-state index contributed by atoms with van der Waals surface area (Å²) in [5.74, 6) is 0.862. The van der Waals surface area contributed by atoms with Crippen LogP contribution in [0.5, 0.6) is 11.5 Å². The first-order valence-electron chi connectivity index (χ1n) is 8.74. The second-order valence-electron chi connectivity index (χ2n) is 6.27. The molecule has 1 saturated heterocycles. The van der Waals surface area contributed by atoms with Crippen molar-refractivity contribution in [1.29, 1.82) is 0 Å². The molecule has 0 bridgehead atoms. The van der Waals surface area contributed by atoms with Gasteiger partial charge in [-0.3, -0.25) is 14.5 Å². The number of benzene rings is 2. The Kier molecular flexibility index (Phi) is 6.21. The highest BCUT2D eigenvalue weighted by Gasteiger charge is 2.34. The molecule has 0 N–H and O–H groups in total. The monoisotopic (exact) mass is 395 g/mol. The van der Waals surface area contributed by atoms with E-state index in [0.717, 1.165) is 22.9 Å². The van der Waals surface area contributed by atoms with Gasteiger partial charge in [0, 0.05) is 6.54 Å². The van der Waals surface area contributed by atoms with Gasteiger partial charge in [-0.25, -0.2) is 0 Å². The van der Waals surface area contributed by atoms with E-state index in [1.165, 1.54) is 16.5 Å². The van der Waals surface area contributed by atoms with Gasteiger partial charge in [-0.2, -0.15) is 0 Å². The molecule has 5 nitrogen and oxygen atoms in total. The molecular formula is C22H21NO4S. The fourth-order valence-electron chi connectivity index (χ4n) is 2.79. The zero-order chi connectivity index (χ0) is 20.1. The highest BCUT2D eigenvalue weighted by molar-refractivity contribution is 8.18. The van der Waals surface area contributed by atoms with Crippen molar-refractivity contribution < 1.29 is 19.1 Å². The van der Waals surface area contributed by atoms with Crippen molar-refractivity contribution in [3.63, 3.8) is 0 Å². The van der Waals surface area contributed by atoms with Gasteiger partial charge in [0.25, 0.3) is 11.1 Å². The summed E-state index contributed by atoms with van der Waals surface area (Å²) in [6.07, 6.45) is 3.21. The maximum atomic E-state index is 12.3. The number of carbonyl (C=O) groups is 2. The second kappa shape index (κ2) is 8.80. The summed E-state index contributed by atoms with van der Waals surface area (Å²) >= 11 is 0.922. The summed E-state index contributed by atoms with van der Waals surface area (Å²) in [5.41, 5.74) is 3.00. The lowest BCUT2D eigenvalue weighted by atomic mass is 10.1. The molecule has 3 rings (SSSR count). The molecule has 2 amide bonds. The van der Waals surface area contributed by atoms with Crippen LogP contribution in [-0.4, -0.2) is 29.7 Å². The SMILES string of the molecule is C=CCN1C(=O)S/C(=C/c2ccc(OCc3cccc(C)c3)c(OC)c2)C1=O.